The Balaban J connectivity index is 1.59. The molecule has 2 heterocycles. The number of carbonyl (C=O) groups excluding carboxylic acids is 1. The molecule has 0 unspecified atom stereocenters. The smallest absolute Gasteiger partial charge is 0.354 e. The first-order valence-corrected chi connectivity index (χ1v) is 10.6. The maximum atomic E-state index is 13.3. The summed E-state index contributed by atoms with van der Waals surface area (Å²) >= 11 is 3.48. The van der Waals surface area contributed by atoms with Gasteiger partial charge in [0.25, 0.3) is 0 Å². The van der Waals surface area contributed by atoms with Gasteiger partial charge in [-0.05, 0) is 61.9 Å². The normalized spacial score (nSPS) is 14.6. The van der Waals surface area contributed by atoms with Crippen LogP contribution in [0.2, 0.25) is 0 Å². The summed E-state index contributed by atoms with van der Waals surface area (Å²) in [5, 5.41) is 10.9. The van der Waals surface area contributed by atoms with Gasteiger partial charge in [0.05, 0.1) is 10.2 Å². The van der Waals surface area contributed by atoms with E-state index in [0.29, 0.717) is 38.0 Å². The van der Waals surface area contributed by atoms with E-state index in [1.165, 1.54) is 4.68 Å². The number of amides is 1. The predicted octanol–water partition coefficient (Wildman–Crippen LogP) is 3.95. The van der Waals surface area contributed by atoms with Gasteiger partial charge >= 0.3 is 6.18 Å². The van der Waals surface area contributed by atoms with E-state index < -0.39 is 11.9 Å². The lowest BCUT2D eigenvalue weighted by Gasteiger charge is -2.09. The largest absolute Gasteiger partial charge is 0.435 e. The fraction of sp³-hybridized carbons (Fsp3) is 0.632. The lowest BCUT2D eigenvalue weighted by atomic mass is 10.1. The lowest BCUT2D eigenvalue weighted by Crippen LogP contribution is -2.30. The van der Waals surface area contributed by atoms with E-state index in [2.05, 4.69) is 31.4 Å². The Hall–Kier alpha value is -1.84. The number of alkyl halides is 3. The predicted molar refractivity (Wildman–Crippen MR) is 106 cm³/mol. The van der Waals surface area contributed by atoms with Crippen LogP contribution in [0.5, 0.6) is 0 Å². The number of rotatable bonds is 6. The molecule has 1 N–H and O–H groups in total. The second kappa shape index (κ2) is 8.89. The zero-order chi connectivity index (χ0) is 21.2. The van der Waals surface area contributed by atoms with E-state index in [4.69, 9.17) is 0 Å². The Kier molecular flexibility index (Phi) is 6.70. The van der Waals surface area contributed by atoms with Crippen LogP contribution in [0.4, 0.5) is 13.2 Å². The summed E-state index contributed by atoms with van der Waals surface area (Å²) in [6.45, 7) is 4.75. The van der Waals surface area contributed by atoms with Crippen LogP contribution >= 0.6 is 15.9 Å². The summed E-state index contributed by atoms with van der Waals surface area (Å²) in [6.07, 6.45) is -0.509. The zero-order valence-electron chi connectivity index (χ0n) is 16.6. The minimum absolute atomic E-state index is 0.191. The highest BCUT2D eigenvalue weighted by Crippen LogP contribution is 2.35. The fourth-order valence-electron chi connectivity index (χ4n) is 3.75. The summed E-state index contributed by atoms with van der Waals surface area (Å²) in [6, 6.07) is 0. The van der Waals surface area contributed by atoms with Crippen molar-refractivity contribution < 1.29 is 18.0 Å². The number of aromatic nitrogens is 4. The van der Waals surface area contributed by atoms with Crippen molar-refractivity contribution in [3.63, 3.8) is 0 Å². The molecule has 1 aliphatic rings. The highest BCUT2D eigenvalue weighted by atomic mass is 79.9. The summed E-state index contributed by atoms with van der Waals surface area (Å²) in [7, 11) is 0. The molecular formula is C19H25BrF3N5O. The van der Waals surface area contributed by atoms with E-state index in [0.717, 1.165) is 35.1 Å². The standard InChI is InChI=1S/C19H25BrF3N5O/c1-12-17(20)13(2)27(25-12)10-6-9-24-16(29)11-28-15-8-5-3-4-7-14(15)18(26-28)19(21,22)23/h3-11H2,1-2H3,(H,24,29). The zero-order valence-corrected chi connectivity index (χ0v) is 18.2. The molecule has 0 spiro atoms. The summed E-state index contributed by atoms with van der Waals surface area (Å²) in [5.41, 5.74) is 1.91. The van der Waals surface area contributed by atoms with E-state index in [-0.39, 0.29) is 18.0 Å². The van der Waals surface area contributed by atoms with E-state index >= 15 is 0 Å². The van der Waals surface area contributed by atoms with Gasteiger partial charge in [-0.15, -0.1) is 0 Å². The van der Waals surface area contributed by atoms with Crippen molar-refractivity contribution in [1.82, 2.24) is 24.9 Å². The Morgan fingerprint density at radius 1 is 1.14 bits per heavy atom. The second-order valence-corrected chi connectivity index (χ2v) is 8.19. The van der Waals surface area contributed by atoms with Gasteiger partial charge in [0.15, 0.2) is 5.69 Å². The number of nitrogens with one attached hydrogen (secondary N) is 1. The average molecular weight is 476 g/mol. The van der Waals surface area contributed by atoms with Crippen LogP contribution in [0, 0.1) is 13.8 Å². The van der Waals surface area contributed by atoms with Gasteiger partial charge in [-0.2, -0.15) is 23.4 Å². The van der Waals surface area contributed by atoms with Crippen LogP contribution in [0.25, 0.3) is 0 Å². The Morgan fingerprint density at radius 2 is 1.86 bits per heavy atom. The van der Waals surface area contributed by atoms with Crippen molar-refractivity contribution in [3.8, 4) is 0 Å². The molecule has 0 aromatic carbocycles. The topological polar surface area (TPSA) is 64.7 Å². The number of hydrogen-bond acceptors (Lipinski definition) is 3. The van der Waals surface area contributed by atoms with Crippen LogP contribution in [-0.4, -0.2) is 32.0 Å². The van der Waals surface area contributed by atoms with Crippen molar-refractivity contribution >= 4 is 21.8 Å². The third-order valence-electron chi connectivity index (χ3n) is 5.23. The number of halogens is 4. The SMILES string of the molecule is Cc1nn(CCCNC(=O)Cn2nc(C(F)(F)F)c3c2CCCCC3)c(C)c1Br. The van der Waals surface area contributed by atoms with Crippen molar-refractivity contribution in [2.45, 2.75) is 71.6 Å². The number of nitrogens with zero attached hydrogens (tertiary/aromatic N) is 4. The minimum atomic E-state index is -4.50. The maximum Gasteiger partial charge on any atom is 0.435 e. The molecule has 3 rings (SSSR count). The lowest BCUT2D eigenvalue weighted by molar-refractivity contribution is -0.142. The van der Waals surface area contributed by atoms with E-state index in [9.17, 15) is 18.0 Å². The van der Waals surface area contributed by atoms with Crippen LogP contribution in [0.3, 0.4) is 0 Å². The minimum Gasteiger partial charge on any atom is -0.354 e. The molecule has 10 heteroatoms. The molecule has 6 nitrogen and oxygen atoms in total. The number of aryl methyl sites for hydroxylation is 2. The molecule has 0 aliphatic heterocycles. The van der Waals surface area contributed by atoms with Crippen molar-refractivity contribution in [2.75, 3.05) is 6.54 Å². The molecule has 1 amide bonds. The van der Waals surface area contributed by atoms with E-state index in [1.54, 1.807) is 0 Å². The molecule has 0 fully saturated rings. The molecule has 2 aromatic heterocycles. The van der Waals surface area contributed by atoms with Gasteiger partial charge < -0.3 is 5.32 Å². The number of hydrogen-bond donors (Lipinski definition) is 1. The Labute approximate surface area is 176 Å². The molecule has 0 radical (unpaired) electrons. The Morgan fingerprint density at radius 3 is 2.52 bits per heavy atom. The van der Waals surface area contributed by atoms with Crippen molar-refractivity contribution in [1.29, 1.82) is 0 Å². The van der Waals surface area contributed by atoms with Crippen LogP contribution < -0.4 is 5.32 Å². The second-order valence-electron chi connectivity index (χ2n) is 7.40. The first-order valence-electron chi connectivity index (χ1n) is 9.80. The average Bonchev–Trinajstić information content (AvgIpc) is 2.98. The quantitative estimate of drug-likeness (QED) is 0.508. The highest BCUT2D eigenvalue weighted by molar-refractivity contribution is 9.10. The molecule has 0 atom stereocenters. The molecule has 160 valence electrons. The van der Waals surface area contributed by atoms with Gasteiger partial charge in [0, 0.05) is 30.0 Å². The fourth-order valence-corrected chi connectivity index (χ4v) is 4.03. The monoisotopic (exact) mass is 475 g/mol. The maximum absolute atomic E-state index is 13.3. The first kappa shape index (κ1) is 21.9. The molecule has 29 heavy (non-hydrogen) atoms. The van der Waals surface area contributed by atoms with Crippen molar-refractivity contribution in [3.05, 3.63) is 32.8 Å². The van der Waals surface area contributed by atoms with Gasteiger partial charge in [-0.1, -0.05) is 6.42 Å². The van der Waals surface area contributed by atoms with Crippen LogP contribution in [0.15, 0.2) is 4.47 Å². The summed E-state index contributed by atoms with van der Waals surface area (Å²) < 4.78 is 44.1. The van der Waals surface area contributed by atoms with Crippen LogP contribution in [-0.2, 0) is 36.9 Å². The summed E-state index contributed by atoms with van der Waals surface area (Å²) in [4.78, 5) is 12.3. The first-order chi connectivity index (χ1) is 13.7. The molecule has 0 saturated carbocycles. The molecule has 1 aliphatic carbocycles. The van der Waals surface area contributed by atoms with E-state index in [1.807, 2.05) is 18.5 Å². The third-order valence-corrected chi connectivity index (χ3v) is 6.38. The third kappa shape index (κ3) is 5.02. The highest BCUT2D eigenvalue weighted by Gasteiger charge is 2.39. The molecular weight excluding hydrogens is 451 g/mol. The van der Waals surface area contributed by atoms with Gasteiger partial charge in [-0.3, -0.25) is 14.2 Å². The van der Waals surface area contributed by atoms with Gasteiger partial charge in [0.2, 0.25) is 5.91 Å². The molecule has 0 saturated heterocycles. The molecule has 2 aromatic rings. The van der Waals surface area contributed by atoms with Crippen LogP contribution in [0.1, 0.15) is 54.0 Å². The summed E-state index contributed by atoms with van der Waals surface area (Å²) in [5.74, 6) is -0.331. The number of fused-ring (bicyclic) bond motifs is 1. The molecule has 0 bridgehead atoms. The van der Waals surface area contributed by atoms with Gasteiger partial charge in [0.1, 0.15) is 6.54 Å². The Bertz CT molecular complexity index is 888. The number of carbonyl (C=O) groups is 1. The van der Waals surface area contributed by atoms with Crippen molar-refractivity contribution in [2.24, 2.45) is 0 Å². The van der Waals surface area contributed by atoms with Gasteiger partial charge in [-0.25, -0.2) is 0 Å².